The number of nitrogens with one attached hydrogen (secondary N) is 1. The highest BCUT2D eigenvalue weighted by Gasteiger charge is 2.33. The summed E-state index contributed by atoms with van der Waals surface area (Å²) in [6.45, 7) is 16.6. The molecule has 778 valence electrons. The first-order chi connectivity index (χ1) is 73.7. The molecule has 18 aromatic carbocycles. The molecule has 5 nitrogen and oxygen atoms in total. The van der Waals surface area contributed by atoms with Gasteiger partial charge in [-0.05, 0) is 251 Å². The zero-order valence-corrected chi connectivity index (χ0v) is 108. The Morgan fingerprint density at radius 1 is 0.168 bits per heavy atom. The van der Waals surface area contributed by atoms with Crippen LogP contribution in [0.3, 0.4) is 0 Å². The first-order valence-corrected chi connectivity index (χ1v) is 68.6. The van der Waals surface area contributed by atoms with Crippen molar-refractivity contribution in [2.45, 2.75) is 180 Å². The third-order valence-corrected chi connectivity index (χ3v) is 38.7. The molecule has 17 heteroatoms. The van der Waals surface area contributed by atoms with Crippen LogP contribution < -0.4 is 5.32 Å². The summed E-state index contributed by atoms with van der Waals surface area (Å²) in [6.07, 6.45) is 7.18. The lowest BCUT2D eigenvalue weighted by Crippen LogP contribution is -2.13. The van der Waals surface area contributed by atoms with E-state index in [1.54, 1.807) is 28.4 Å². The Morgan fingerprint density at radius 3 is 0.329 bits per heavy atom. The van der Waals surface area contributed by atoms with Gasteiger partial charge < -0.3 is 24.3 Å². The number of benzene rings is 18. The standard InChI is InChI=1S/6C18H15S.C5H15NSi.2C4H12OSi.C3H10Si.2C2H8OSi.2C2H6/c6*1-4-10-16(11-5-1)19(17-12-6-2-7-13-17)18-14-8-3-9-15-18;1-2-6-4-3-5-7;2*1-5-3-2-4-6;1-2-3-4;2*1-3-2-4;2*1-2/h6*1-15H;6H,2-5H2,1,7H3;2*2-4H2,1,6H3;2-3H2,1,4H3;2*2H2,1,4H3;2*1-2H3/q6*+1;;;;;;;;. The van der Waals surface area contributed by atoms with Crippen molar-refractivity contribution < 1.29 is 18.9 Å². The van der Waals surface area contributed by atoms with Crippen LogP contribution in [-0.4, -0.2) is 129 Å². The monoisotopic (exact) mass is 2190 g/mol. The molecule has 0 saturated heterocycles. The molecule has 0 radical (unpaired) electrons. The van der Waals surface area contributed by atoms with E-state index in [1.807, 2.05) is 27.7 Å². The average molecular weight is 2190 g/mol. The zero-order chi connectivity index (χ0) is 107. The van der Waals surface area contributed by atoms with E-state index in [1.165, 1.54) is 206 Å². The largest absolute Gasteiger partial charge is 0.389 e. The second-order valence-electron chi connectivity index (χ2n) is 32.0. The van der Waals surface area contributed by atoms with E-state index in [0.717, 1.165) is 32.2 Å². The summed E-state index contributed by atoms with van der Waals surface area (Å²) in [4.78, 5) is 24.5. The van der Waals surface area contributed by atoms with Crippen molar-refractivity contribution in [1.82, 2.24) is 5.32 Å². The number of rotatable bonds is 31. The predicted octanol–water partition coefficient (Wildman–Crippen LogP) is 28.2. The molecule has 0 spiro atoms. The highest BCUT2D eigenvalue weighted by atomic mass is 32.2. The molecule has 149 heavy (non-hydrogen) atoms. The zero-order valence-electron chi connectivity index (χ0n) is 91.4. The molecule has 1 N–H and O–H groups in total. The molecule has 0 atom stereocenters. The second kappa shape index (κ2) is 87.8. The van der Waals surface area contributed by atoms with E-state index in [4.69, 9.17) is 9.47 Å². The van der Waals surface area contributed by atoms with Crippen LogP contribution in [0.15, 0.2) is 634 Å². The van der Waals surface area contributed by atoms with Gasteiger partial charge in [0.25, 0.3) is 0 Å². The normalized spacial score (nSPS) is 10.1. The minimum absolute atomic E-state index is 0.0146. The number of methoxy groups -OCH3 is 4. The number of hydrogen-bond acceptors (Lipinski definition) is 5. The first kappa shape index (κ1) is 129. The summed E-state index contributed by atoms with van der Waals surface area (Å²) in [5.41, 5.74) is 0. The molecule has 0 fully saturated rings. The van der Waals surface area contributed by atoms with Gasteiger partial charge in [0.15, 0.2) is 88.1 Å². The smallest absolute Gasteiger partial charge is 0.166 e. The van der Waals surface area contributed by atoms with E-state index in [9.17, 15) is 0 Å². The molecule has 0 unspecified atom stereocenters. The van der Waals surface area contributed by atoms with Gasteiger partial charge in [-0.3, -0.25) is 0 Å². The fourth-order valence-corrected chi connectivity index (χ4v) is 27.1. The predicted molar refractivity (Wildman–Crippen MR) is 681 cm³/mol. The summed E-state index contributed by atoms with van der Waals surface area (Å²) in [6, 6.07) is 199. The molecule has 0 bridgehead atoms. The SMILES string of the molecule is CC.CC.CCC[SiH3].CCNCCC[SiH3].COCCC[SiH3].COCCC[SiH3].COC[SiH3].COC[SiH3].c1ccc([S+](c2ccccc2)c2ccccc2)cc1.c1ccc([S+](c2ccccc2)c2ccccc2)cc1.c1ccc([S+](c2ccccc2)c2ccccc2)cc1.c1ccc([S+](c2ccccc2)c2ccccc2)cc1.c1ccc([S+](c2ccccc2)c2ccccc2)cc1.c1ccc([S+](c2ccccc2)c2ccccc2)cc1. The van der Waals surface area contributed by atoms with Gasteiger partial charge in [0, 0.05) is 116 Å². The van der Waals surface area contributed by atoms with Crippen molar-refractivity contribution in [1.29, 1.82) is 0 Å². The van der Waals surface area contributed by atoms with Crippen LogP contribution in [0.25, 0.3) is 0 Å². The van der Waals surface area contributed by atoms with E-state index in [0.29, 0.717) is 0 Å². The molecule has 18 rings (SSSR count). The van der Waals surface area contributed by atoms with Gasteiger partial charge in [-0.25, -0.2) is 0 Å². The molecule has 0 amide bonds. The quantitative estimate of drug-likeness (QED) is 0.0267. The maximum absolute atomic E-state index is 4.80. The van der Waals surface area contributed by atoms with Crippen molar-refractivity contribution in [3.05, 3.63) is 546 Å². The molecule has 0 aliphatic carbocycles. The van der Waals surface area contributed by atoms with Gasteiger partial charge in [-0.15, -0.1) is 0 Å². The topological polar surface area (TPSA) is 49.0 Å². The van der Waals surface area contributed by atoms with Crippen molar-refractivity contribution in [3.63, 3.8) is 0 Å². The Kier molecular flexibility index (Phi) is 75.8. The maximum atomic E-state index is 4.80. The minimum Gasteiger partial charge on any atom is -0.389 e. The molecule has 0 heterocycles. The molecule has 0 aliphatic heterocycles. The van der Waals surface area contributed by atoms with E-state index in [2.05, 4.69) is 575 Å². The van der Waals surface area contributed by atoms with Crippen molar-refractivity contribution in [3.8, 4) is 0 Å². The van der Waals surface area contributed by atoms with Gasteiger partial charge in [0.2, 0.25) is 0 Å². The van der Waals surface area contributed by atoms with Crippen LogP contribution in [-0.2, 0) is 84.3 Å². The Morgan fingerprint density at radius 2 is 0.268 bits per heavy atom. The van der Waals surface area contributed by atoms with Crippen LogP contribution in [0.1, 0.15) is 67.2 Å². The van der Waals surface area contributed by atoms with E-state index < -0.39 is 0 Å². The fourth-order valence-electron chi connectivity index (χ4n) is 13.5. The number of hydrogen-bond donors (Lipinski definition) is 1. The number of ether oxygens (including phenoxy) is 4. The van der Waals surface area contributed by atoms with Crippen molar-refractivity contribution in [2.24, 2.45) is 0 Å². The summed E-state index contributed by atoms with van der Waals surface area (Å²) in [5, 5.41) is 3.27. The van der Waals surface area contributed by atoms with Gasteiger partial charge in [-0.1, -0.05) is 400 Å². The van der Waals surface area contributed by atoms with Crippen LogP contribution in [0.5, 0.6) is 0 Å². The molecular weight excluding hydrogens is 2020 g/mol. The Labute approximate surface area is 935 Å². The third-order valence-electron chi connectivity index (χ3n) is 21.1. The fraction of sp³-hybridized carbons (Fsp3) is 0.182. The Balaban J connectivity index is 0.000000295. The first-order valence-electron chi connectivity index (χ1n) is 52.7. The average Bonchev–Trinajstić information content (AvgIpc) is 0.846. The van der Waals surface area contributed by atoms with E-state index >= 15 is 0 Å². The molecular formula is C132H167NO4S6Si6+6. The van der Waals surface area contributed by atoms with Crippen molar-refractivity contribution in [2.75, 3.05) is 67.2 Å². The summed E-state index contributed by atoms with van der Waals surface area (Å²) < 4.78 is 18.8. The maximum Gasteiger partial charge on any atom is 0.166 e. The lowest BCUT2D eigenvalue weighted by molar-refractivity contribution is 0.199. The molecule has 0 aliphatic rings. The third kappa shape index (κ3) is 52.6. The lowest BCUT2D eigenvalue weighted by atomic mass is 10.4. The summed E-state index contributed by atoms with van der Waals surface area (Å²) in [7, 11) is 14.6. The van der Waals surface area contributed by atoms with Crippen LogP contribution in [0, 0.1) is 0 Å². The van der Waals surface area contributed by atoms with E-state index in [-0.39, 0.29) is 65.4 Å². The van der Waals surface area contributed by atoms with Gasteiger partial charge in [-0.2, -0.15) is 0 Å². The Hall–Kier alpha value is -10.8. The molecule has 18 aromatic rings. The molecule has 0 aromatic heterocycles. The lowest BCUT2D eigenvalue weighted by Gasteiger charge is -2.07. The summed E-state index contributed by atoms with van der Waals surface area (Å²) in [5.74, 6) is 0. The summed E-state index contributed by atoms with van der Waals surface area (Å²) >= 11 is 0. The van der Waals surface area contributed by atoms with Crippen LogP contribution in [0.2, 0.25) is 24.2 Å². The highest BCUT2D eigenvalue weighted by molar-refractivity contribution is 7.98. The minimum atomic E-state index is -0.0146. The van der Waals surface area contributed by atoms with Gasteiger partial charge in [0.05, 0.1) is 65.4 Å². The van der Waals surface area contributed by atoms with Crippen LogP contribution >= 0.6 is 0 Å². The second-order valence-corrected chi connectivity index (χ2v) is 49.3. The highest BCUT2D eigenvalue weighted by Crippen LogP contribution is 2.37. The Bertz CT molecular complexity index is 4480. The molecule has 0 saturated carbocycles. The van der Waals surface area contributed by atoms with Crippen LogP contribution in [0.4, 0.5) is 0 Å². The van der Waals surface area contributed by atoms with Crippen molar-refractivity contribution >= 4 is 127 Å². The van der Waals surface area contributed by atoms with Gasteiger partial charge >= 0.3 is 0 Å². The van der Waals surface area contributed by atoms with Gasteiger partial charge in [0.1, 0.15) is 0 Å².